The fraction of sp³-hybridized carbons (Fsp3) is 0.294. The zero-order valence-electron chi connectivity index (χ0n) is 25.7. The first-order chi connectivity index (χ1) is 22.1. The number of carbonyl (C=O) groups is 3. The van der Waals surface area contributed by atoms with E-state index in [9.17, 15) is 18.8 Å². The van der Waals surface area contributed by atoms with Crippen LogP contribution in [0.15, 0.2) is 72.9 Å². The summed E-state index contributed by atoms with van der Waals surface area (Å²) in [5.41, 5.74) is 0.297. The highest BCUT2D eigenvalue weighted by Gasteiger charge is 2.56. The molecular weight excluding hydrogens is 593 g/mol. The van der Waals surface area contributed by atoms with Crippen LogP contribution in [0.3, 0.4) is 0 Å². The molecule has 2 heterocycles. The molecule has 0 unspecified atom stereocenters. The van der Waals surface area contributed by atoms with E-state index in [1.807, 2.05) is 7.05 Å². The molecule has 2 aliphatic rings. The zero-order valence-corrected chi connectivity index (χ0v) is 25.7. The highest BCUT2D eigenvalue weighted by atomic mass is 19.1. The molecule has 1 saturated heterocycles. The molecule has 0 spiro atoms. The Morgan fingerprint density at radius 1 is 0.891 bits per heavy atom. The predicted molar refractivity (Wildman–Crippen MR) is 170 cm³/mol. The molecule has 1 aromatic heterocycles. The van der Waals surface area contributed by atoms with Crippen LogP contribution in [0.1, 0.15) is 19.8 Å². The van der Waals surface area contributed by atoms with Crippen molar-refractivity contribution in [2.24, 2.45) is 5.41 Å². The van der Waals surface area contributed by atoms with Crippen LogP contribution < -0.4 is 24.8 Å². The van der Waals surface area contributed by atoms with Crippen molar-refractivity contribution in [1.82, 2.24) is 14.8 Å². The Kier molecular flexibility index (Phi) is 8.46. The SMILES string of the molecule is COc1cc2c(Oc3ccc(NC(=O)C4(C(=O)Nc5ccc(F)cc5)CC4)cc3)ccnc2cc1OC(=O)N1CCN(C)[C@H](C)C1. The average Bonchev–Trinajstić information content (AvgIpc) is 3.87. The lowest BCUT2D eigenvalue weighted by Crippen LogP contribution is -2.52. The summed E-state index contributed by atoms with van der Waals surface area (Å²) < 4.78 is 30.7. The number of likely N-dealkylation sites (N-methyl/N-ethyl adjacent to an activating group) is 1. The van der Waals surface area contributed by atoms with Gasteiger partial charge in [-0.05, 0) is 87.5 Å². The highest BCUT2D eigenvalue weighted by Crippen LogP contribution is 2.47. The molecule has 2 fully saturated rings. The molecule has 12 heteroatoms. The van der Waals surface area contributed by atoms with Crippen LogP contribution in [0.5, 0.6) is 23.0 Å². The Hall–Kier alpha value is -5.23. The Labute approximate surface area is 265 Å². The highest BCUT2D eigenvalue weighted by molar-refractivity contribution is 6.16. The third-order valence-electron chi connectivity index (χ3n) is 8.46. The maximum absolute atomic E-state index is 13.2. The summed E-state index contributed by atoms with van der Waals surface area (Å²) in [4.78, 5) is 47.2. The number of benzene rings is 3. The van der Waals surface area contributed by atoms with Gasteiger partial charge in [-0.15, -0.1) is 0 Å². The number of piperazine rings is 1. The van der Waals surface area contributed by atoms with E-state index < -0.39 is 29.1 Å². The predicted octanol–water partition coefficient (Wildman–Crippen LogP) is 5.67. The number of nitrogens with zero attached hydrogens (tertiary/aromatic N) is 3. The lowest BCUT2D eigenvalue weighted by Gasteiger charge is -2.36. The average molecular weight is 628 g/mol. The minimum absolute atomic E-state index is 0.224. The molecule has 3 amide bonds. The lowest BCUT2D eigenvalue weighted by atomic mass is 10.0. The van der Waals surface area contributed by atoms with Gasteiger partial charge in [0.05, 0.1) is 12.6 Å². The Bertz CT molecular complexity index is 1780. The number of ether oxygens (including phenoxy) is 3. The molecule has 0 bridgehead atoms. The smallest absolute Gasteiger partial charge is 0.415 e. The number of anilines is 2. The molecule has 46 heavy (non-hydrogen) atoms. The van der Waals surface area contributed by atoms with Gasteiger partial charge in [0.15, 0.2) is 11.5 Å². The van der Waals surface area contributed by atoms with E-state index in [4.69, 9.17) is 14.2 Å². The van der Waals surface area contributed by atoms with Gasteiger partial charge < -0.3 is 34.6 Å². The number of hydrogen-bond acceptors (Lipinski definition) is 8. The summed E-state index contributed by atoms with van der Waals surface area (Å²) in [7, 11) is 3.53. The first-order valence-corrected chi connectivity index (χ1v) is 15.0. The number of carbonyl (C=O) groups excluding carboxylic acids is 3. The number of amides is 3. The van der Waals surface area contributed by atoms with E-state index >= 15 is 0 Å². The fourth-order valence-corrected chi connectivity index (χ4v) is 5.28. The Morgan fingerprint density at radius 3 is 2.15 bits per heavy atom. The minimum atomic E-state index is -1.17. The standard InChI is InChI=1S/C34H34FN5O6/c1-21-20-40(17-16-39(21)2)33(43)46-30-19-27-26(18-29(30)44-3)28(12-15-36-27)45-25-10-8-24(9-11-25)38-32(42)34(13-14-34)31(41)37-23-6-4-22(35)5-7-23/h4-12,15,18-19,21H,13-14,16-17,20H2,1-3H3,(H,37,41)(H,38,42)/t21-/m1/s1. The lowest BCUT2D eigenvalue weighted by molar-refractivity contribution is -0.131. The summed E-state index contributed by atoms with van der Waals surface area (Å²) in [6.45, 7) is 3.96. The van der Waals surface area contributed by atoms with Crippen molar-refractivity contribution >= 4 is 40.2 Å². The van der Waals surface area contributed by atoms with E-state index in [2.05, 4.69) is 27.4 Å². The number of methoxy groups -OCH3 is 1. The van der Waals surface area contributed by atoms with Crippen molar-refractivity contribution in [3.8, 4) is 23.0 Å². The Morgan fingerprint density at radius 2 is 1.54 bits per heavy atom. The van der Waals surface area contributed by atoms with Gasteiger partial charge in [-0.2, -0.15) is 0 Å². The number of rotatable bonds is 8. The summed E-state index contributed by atoms with van der Waals surface area (Å²) in [6, 6.07) is 17.5. The van der Waals surface area contributed by atoms with Gasteiger partial charge in [0.25, 0.3) is 0 Å². The van der Waals surface area contributed by atoms with Crippen molar-refractivity contribution < 1.29 is 33.0 Å². The molecule has 4 aromatic rings. The molecular formula is C34H34FN5O6. The van der Waals surface area contributed by atoms with Gasteiger partial charge in [0.2, 0.25) is 11.8 Å². The molecule has 0 radical (unpaired) electrons. The van der Waals surface area contributed by atoms with Crippen molar-refractivity contribution in [1.29, 1.82) is 0 Å². The Balaban J connectivity index is 1.12. The third-order valence-corrected chi connectivity index (χ3v) is 8.46. The monoisotopic (exact) mass is 627 g/mol. The quantitative estimate of drug-likeness (QED) is 0.240. The van der Waals surface area contributed by atoms with Crippen molar-refractivity contribution in [2.45, 2.75) is 25.8 Å². The van der Waals surface area contributed by atoms with Gasteiger partial charge in [-0.25, -0.2) is 9.18 Å². The van der Waals surface area contributed by atoms with E-state index in [1.165, 1.54) is 31.4 Å². The summed E-state index contributed by atoms with van der Waals surface area (Å²) >= 11 is 0. The number of pyridine rings is 1. The van der Waals surface area contributed by atoms with Crippen molar-refractivity contribution in [2.75, 3.05) is 44.4 Å². The maximum Gasteiger partial charge on any atom is 0.415 e. The second-order valence-electron chi connectivity index (χ2n) is 11.6. The fourth-order valence-electron chi connectivity index (χ4n) is 5.28. The molecule has 3 aromatic carbocycles. The third kappa shape index (κ3) is 6.43. The molecule has 238 valence electrons. The molecule has 1 saturated carbocycles. The van der Waals surface area contributed by atoms with Crippen LogP contribution in [0.4, 0.5) is 20.6 Å². The number of halogens is 1. The molecule has 1 atom stereocenters. The first kappa shape index (κ1) is 30.8. The molecule has 11 nitrogen and oxygen atoms in total. The van der Waals surface area contributed by atoms with E-state index in [0.717, 1.165) is 6.54 Å². The number of hydrogen-bond donors (Lipinski definition) is 2. The van der Waals surface area contributed by atoms with E-state index in [-0.39, 0.29) is 11.8 Å². The summed E-state index contributed by atoms with van der Waals surface area (Å²) in [6.07, 6.45) is 1.99. The van der Waals surface area contributed by atoms with Gasteiger partial charge in [-0.1, -0.05) is 0 Å². The van der Waals surface area contributed by atoms with Gasteiger partial charge in [-0.3, -0.25) is 14.6 Å². The van der Waals surface area contributed by atoms with E-state index in [0.29, 0.717) is 65.5 Å². The number of nitrogens with one attached hydrogen (secondary N) is 2. The second-order valence-corrected chi connectivity index (χ2v) is 11.6. The minimum Gasteiger partial charge on any atom is -0.493 e. The van der Waals surface area contributed by atoms with Crippen molar-refractivity contribution in [3.05, 3.63) is 78.7 Å². The molecule has 1 aliphatic heterocycles. The summed E-state index contributed by atoms with van der Waals surface area (Å²) in [5, 5.41) is 6.16. The summed E-state index contributed by atoms with van der Waals surface area (Å²) in [5.74, 6) is 0.367. The number of aromatic nitrogens is 1. The number of fused-ring (bicyclic) bond motifs is 1. The zero-order chi connectivity index (χ0) is 32.4. The van der Waals surface area contributed by atoms with Crippen LogP contribution in [0.25, 0.3) is 10.9 Å². The van der Waals surface area contributed by atoms with E-state index in [1.54, 1.807) is 53.6 Å². The van der Waals surface area contributed by atoms with Gasteiger partial charge in [0, 0.05) is 54.7 Å². The van der Waals surface area contributed by atoms with Crippen LogP contribution in [-0.2, 0) is 9.59 Å². The van der Waals surface area contributed by atoms with Crippen molar-refractivity contribution in [3.63, 3.8) is 0 Å². The molecule has 6 rings (SSSR count). The molecule has 1 aliphatic carbocycles. The second kappa shape index (κ2) is 12.6. The van der Waals surface area contributed by atoms with Crippen LogP contribution in [0, 0.1) is 11.2 Å². The van der Waals surface area contributed by atoms with Crippen LogP contribution in [-0.4, -0.2) is 72.5 Å². The molecule has 2 N–H and O–H groups in total. The van der Waals surface area contributed by atoms with Crippen LogP contribution in [0.2, 0.25) is 0 Å². The first-order valence-electron chi connectivity index (χ1n) is 15.0. The normalized spacial score (nSPS) is 17.2. The van der Waals surface area contributed by atoms with Gasteiger partial charge >= 0.3 is 6.09 Å². The topological polar surface area (TPSA) is 122 Å². The van der Waals surface area contributed by atoms with Crippen LogP contribution >= 0.6 is 0 Å². The van der Waals surface area contributed by atoms with Gasteiger partial charge in [0.1, 0.15) is 22.7 Å². The largest absolute Gasteiger partial charge is 0.493 e. The maximum atomic E-state index is 13.2.